The Labute approximate surface area is 121 Å². The number of nitrogens with zero attached hydrogens (tertiary/aromatic N) is 1. The third-order valence-corrected chi connectivity index (χ3v) is 5.26. The Kier molecular flexibility index (Phi) is 3.51. The van der Waals surface area contributed by atoms with Gasteiger partial charge in [-0.15, -0.1) is 0 Å². The maximum absolute atomic E-state index is 12.8. The van der Waals surface area contributed by atoms with Crippen molar-refractivity contribution in [1.29, 1.82) is 0 Å². The lowest BCUT2D eigenvalue weighted by Gasteiger charge is -2.44. The molecule has 1 heterocycles. The molecule has 0 aromatic carbocycles. The first kappa shape index (κ1) is 13.9. The quantitative estimate of drug-likeness (QED) is 0.808. The van der Waals surface area contributed by atoms with Crippen molar-refractivity contribution in [1.82, 2.24) is 10.2 Å². The Bertz CT molecular complexity index is 415. The van der Waals surface area contributed by atoms with E-state index in [-0.39, 0.29) is 17.9 Å². The predicted octanol–water partition coefficient (Wildman–Crippen LogP) is 2.08. The fourth-order valence-corrected chi connectivity index (χ4v) is 3.53. The number of amides is 2. The van der Waals surface area contributed by atoms with Crippen LogP contribution in [0.3, 0.4) is 0 Å². The van der Waals surface area contributed by atoms with Gasteiger partial charge in [-0.25, -0.2) is 0 Å². The van der Waals surface area contributed by atoms with E-state index in [1.807, 2.05) is 18.7 Å². The average Bonchev–Trinajstić information content (AvgIpc) is 3.28. The van der Waals surface area contributed by atoms with Gasteiger partial charge in [0.25, 0.3) is 0 Å². The van der Waals surface area contributed by atoms with Crippen molar-refractivity contribution in [2.75, 3.05) is 6.54 Å². The molecule has 2 aliphatic carbocycles. The van der Waals surface area contributed by atoms with Crippen molar-refractivity contribution >= 4 is 11.8 Å². The molecule has 2 unspecified atom stereocenters. The fourth-order valence-electron chi connectivity index (χ4n) is 3.53. The Balaban J connectivity index is 1.70. The van der Waals surface area contributed by atoms with E-state index in [0.29, 0.717) is 12.3 Å². The summed E-state index contributed by atoms with van der Waals surface area (Å²) in [7, 11) is 0. The Morgan fingerprint density at radius 3 is 2.50 bits per heavy atom. The Morgan fingerprint density at radius 1 is 1.25 bits per heavy atom. The summed E-state index contributed by atoms with van der Waals surface area (Å²) in [4.78, 5) is 27.1. The maximum atomic E-state index is 12.8. The second-order valence-electron chi connectivity index (χ2n) is 6.97. The normalized spacial score (nSPS) is 34.3. The van der Waals surface area contributed by atoms with Crippen LogP contribution in [0, 0.1) is 11.8 Å². The molecular formula is C16H26N2O2. The van der Waals surface area contributed by atoms with Gasteiger partial charge in [0, 0.05) is 6.54 Å². The highest BCUT2D eigenvalue weighted by Crippen LogP contribution is 2.42. The predicted molar refractivity (Wildman–Crippen MR) is 77.0 cm³/mol. The van der Waals surface area contributed by atoms with Crippen LogP contribution in [0.1, 0.15) is 58.8 Å². The smallest absolute Gasteiger partial charge is 0.249 e. The highest BCUT2D eigenvalue weighted by Gasteiger charge is 2.54. The molecule has 2 atom stereocenters. The summed E-state index contributed by atoms with van der Waals surface area (Å²) in [6.07, 6.45) is 7.80. The Hall–Kier alpha value is -1.06. The monoisotopic (exact) mass is 278 g/mol. The van der Waals surface area contributed by atoms with Crippen LogP contribution in [0.4, 0.5) is 0 Å². The number of hydrogen-bond acceptors (Lipinski definition) is 2. The van der Waals surface area contributed by atoms with Gasteiger partial charge in [0.15, 0.2) is 0 Å². The van der Waals surface area contributed by atoms with Gasteiger partial charge in [0.2, 0.25) is 11.8 Å². The van der Waals surface area contributed by atoms with E-state index in [1.54, 1.807) is 0 Å². The zero-order chi connectivity index (χ0) is 14.3. The highest BCUT2D eigenvalue weighted by atomic mass is 16.2. The third kappa shape index (κ3) is 2.45. The molecule has 0 radical (unpaired) electrons. The first-order valence-electron chi connectivity index (χ1n) is 8.19. The molecule has 20 heavy (non-hydrogen) atoms. The lowest BCUT2D eigenvalue weighted by atomic mass is 9.88. The minimum Gasteiger partial charge on any atom is -0.340 e. The zero-order valence-electron chi connectivity index (χ0n) is 12.7. The second-order valence-corrected chi connectivity index (χ2v) is 6.97. The summed E-state index contributed by atoms with van der Waals surface area (Å²) in [5.41, 5.74) is -0.637. The van der Waals surface area contributed by atoms with Gasteiger partial charge in [-0.3, -0.25) is 9.59 Å². The van der Waals surface area contributed by atoms with E-state index >= 15 is 0 Å². The summed E-state index contributed by atoms with van der Waals surface area (Å²) in [5, 5.41) is 3.02. The molecule has 3 rings (SSSR count). The zero-order valence-corrected chi connectivity index (χ0v) is 12.7. The van der Waals surface area contributed by atoms with Crippen LogP contribution >= 0.6 is 0 Å². The molecule has 3 fully saturated rings. The van der Waals surface area contributed by atoms with Crippen LogP contribution in [0.25, 0.3) is 0 Å². The largest absolute Gasteiger partial charge is 0.340 e. The van der Waals surface area contributed by atoms with E-state index in [4.69, 9.17) is 0 Å². The standard InChI is InChI=1S/C16H26N2O2/c1-3-13-14(19)17-16(2,12-8-9-12)15(20)18(13)10-4-5-11-6-7-11/h11-13H,3-10H2,1-2H3,(H,17,19). The molecule has 3 aliphatic rings. The van der Waals surface area contributed by atoms with Gasteiger partial charge in [-0.1, -0.05) is 19.8 Å². The molecule has 0 aromatic rings. The minimum absolute atomic E-state index is 0.0490. The van der Waals surface area contributed by atoms with E-state index in [0.717, 1.165) is 31.7 Å². The van der Waals surface area contributed by atoms with Crippen LogP contribution < -0.4 is 5.32 Å². The molecule has 4 heteroatoms. The summed E-state index contributed by atoms with van der Waals surface area (Å²) in [6, 6.07) is -0.256. The van der Waals surface area contributed by atoms with E-state index in [9.17, 15) is 9.59 Å². The molecule has 0 bridgehead atoms. The maximum Gasteiger partial charge on any atom is 0.249 e. The summed E-state index contributed by atoms with van der Waals surface area (Å²) in [6.45, 7) is 4.67. The van der Waals surface area contributed by atoms with Crippen LogP contribution in [0.2, 0.25) is 0 Å². The summed E-state index contributed by atoms with van der Waals surface area (Å²) < 4.78 is 0. The second kappa shape index (κ2) is 5.05. The number of hydrogen-bond donors (Lipinski definition) is 1. The van der Waals surface area contributed by atoms with Gasteiger partial charge in [0.05, 0.1) is 0 Å². The first-order chi connectivity index (χ1) is 9.56. The lowest BCUT2D eigenvalue weighted by Crippen LogP contribution is -2.70. The fraction of sp³-hybridized carbons (Fsp3) is 0.875. The van der Waals surface area contributed by atoms with Gasteiger partial charge in [-0.05, 0) is 50.9 Å². The number of piperazine rings is 1. The van der Waals surface area contributed by atoms with Crippen molar-refractivity contribution in [2.45, 2.75) is 70.4 Å². The summed E-state index contributed by atoms with van der Waals surface area (Å²) >= 11 is 0. The van der Waals surface area contributed by atoms with E-state index < -0.39 is 5.54 Å². The number of rotatable bonds is 6. The van der Waals surface area contributed by atoms with Crippen LogP contribution in [-0.2, 0) is 9.59 Å². The van der Waals surface area contributed by atoms with Crippen molar-refractivity contribution in [3.05, 3.63) is 0 Å². The van der Waals surface area contributed by atoms with Crippen molar-refractivity contribution in [3.63, 3.8) is 0 Å². The number of carbonyl (C=O) groups is 2. The van der Waals surface area contributed by atoms with Crippen LogP contribution in [0.15, 0.2) is 0 Å². The van der Waals surface area contributed by atoms with Crippen molar-refractivity contribution in [2.24, 2.45) is 11.8 Å². The van der Waals surface area contributed by atoms with E-state index in [2.05, 4.69) is 5.32 Å². The molecule has 0 aromatic heterocycles. The number of nitrogens with one attached hydrogen (secondary N) is 1. The van der Waals surface area contributed by atoms with Gasteiger partial charge < -0.3 is 10.2 Å². The first-order valence-corrected chi connectivity index (χ1v) is 8.19. The lowest BCUT2D eigenvalue weighted by molar-refractivity contribution is -0.155. The third-order valence-electron chi connectivity index (χ3n) is 5.26. The molecule has 112 valence electrons. The van der Waals surface area contributed by atoms with Crippen molar-refractivity contribution in [3.8, 4) is 0 Å². The number of carbonyl (C=O) groups excluding carboxylic acids is 2. The molecule has 1 saturated heterocycles. The molecular weight excluding hydrogens is 252 g/mol. The van der Waals surface area contributed by atoms with Crippen LogP contribution in [-0.4, -0.2) is 34.8 Å². The molecule has 0 spiro atoms. The molecule has 4 nitrogen and oxygen atoms in total. The average molecular weight is 278 g/mol. The molecule has 2 saturated carbocycles. The van der Waals surface area contributed by atoms with Gasteiger partial charge >= 0.3 is 0 Å². The molecule has 1 N–H and O–H groups in total. The van der Waals surface area contributed by atoms with E-state index in [1.165, 1.54) is 19.3 Å². The van der Waals surface area contributed by atoms with Gasteiger partial charge in [-0.2, -0.15) is 0 Å². The van der Waals surface area contributed by atoms with Gasteiger partial charge in [0.1, 0.15) is 11.6 Å². The van der Waals surface area contributed by atoms with Crippen molar-refractivity contribution < 1.29 is 9.59 Å². The Morgan fingerprint density at radius 2 is 1.95 bits per heavy atom. The topological polar surface area (TPSA) is 49.4 Å². The molecule has 2 amide bonds. The molecule has 1 aliphatic heterocycles. The highest BCUT2D eigenvalue weighted by molar-refractivity contribution is 6.00. The SMILES string of the molecule is CCC1C(=O)NC(C)(C2CC2)C(=O)N1CCCC1CC1. The summed E-state index contributed by atoms with van der Waals surface area (Å²) in [5.74, 6) is 1.44. The minimum atomic E-state index is -0.637. The van der Waals surface area contributed by atoms with Crippen LogP contribution in [0.5, 0.6) is 0 Å².